The molecule has 0 atom stereocenters. The summed E-state index contributed by atoms with van der Waals surface area (Å²) in [6.07, 6.45) is -0.995. The van der Waals surface area contributed by atoms with Gasteiger partial charge in [-0.2, -0.15) is 55.4 Å². The van der Waals surface area contributed by atoms with Crippen LogP contribution in [-0.2, 0) is 16.8 Å². The minimum atomic E-state index is -4.17. The number of halogens is 3. The first-order chi connectivity index (χ1) is 15.4. The molecule has 1 fully saturated rings. The first kappa shape index (κ1) is 26.4. The van der Waals surface area contributed by atoms with Gasteiger partial charge in [-0.1, -0.05) is 0 Å². The maximum atomic E-state index is 12.9. The Bertz CT molecular complexity index is 1070. The van der Waals surface area contributed by atoms with E-state index in [0.717, 1.165) is 11.1 Å². The van der Waals surface area contributed by atoms with Crippen LogP contribution in [0.25, 0.3) is 11.1 Å². The van der Waals surface area contributed by atoms with E-state index in [1.165, 1.54) is 6.20 Å². The minimum absolute atomic E-state index is 0. The molecule has 1 radical (unpaired) electrons. The largest absolute Gasteiger partial charge is 2.00 e. The predicted molar refractivity (Wildman–Crippen MR) is 119 cm³/mol. The van der Waals surface area contributed by atoms with Gasteiger partial charge < -0.3 is 22.1 Å². The van der Waals surface area contributed by atoms with Crippen LogP contribution in [-0.4, -0.2) is 34.2 Å². The Labute approximate surface area is 200 Å². The van der Waals surface area contributed by atoms with Gasteiger partial charge in [0, 0.05) is 25.5 Å². The third-order valence-electron chi connectivity index (χ3n) is 5.10. The summed E-state index contributed by atoms with van der Waals surface area (Å²) >= 11 is 0. The number of pyridine rings is 1. The number of nitrogens with one attached hydrogen (secondary N) is 2. The summed E-state index contributed by atoms with van der Waals surface area (Å²) in [5.74, 6) is -0.555. The van der Waals surface area contributed by atoms with Crippen molar-refractivity contribution in [3.8, 4) is 11.1 Å². The molecule has 1 aromatic carbocycles. The number of aromatic nitrogens is 3. The molecule has 33 heavy (non-hydrogen) atoms. The van der Waals surface area contributed by atoms with E-state index in [-0.39, 0.29) is 48.3 Å². The second-order valence-electron chi connectivity index (χ2n) is 7.09. The monoisotopic (exact) mass is 502 g/mol. The number of hydrogen-bond acceptors (Lipinski definition) is 5. The molecule has 0 bridgehead atoms. The molecule has 0 saturated carbocycles. The summed E-state index contributed by atoms with van der Waals surface area (Å²) in [7, 11) is 0. The van der Waals surface area contributed by atoms with Crippen molar-refractivity contribution in [2.45, 2.75) is 25.9 Å². The van der Waals surface area contributed by atoms with Crippen LogP contribution in [0.5, 0.6) is 0 Å². The van der Waals surface area contributed by atoms with Crippen molar-refractivity contribution >= 4 is 17.5 Å². The predicted octanol–water partition coefficient (Wildman–Crippen LogP) is 4.99. The van der Waals surface area contributed by atoms with E-state index in [2.05, 4.69) is 33.3 Å². The molecular formula is C23H24CoF3N5O. The molecule has 2 aromatic heterocycles. The van der Waals surface area contributed by atoms with Crippen LogP contribution in [0, 0.1) is 18.9 Å². The first-order valence-electron chi connectivity index (χ1n) is 10.2. The Morgan fingerprint density at radius 2 is 1.82 bits per heavy atom. The van der Waals surface area contributed by atoms with E-state index in [1.807, 2.05) is 12.1 Å². The number of rotatable bonds is 4. The topological polar surface area (TPSA) is 73.9 Å². The van der Waals surface area contributed by atoms with E-state index < -0.39 is 12.1 Å². The zero-order valence-corrected chi connectivity index (χ0v) is 19.0. The van der Waals surface area contributed by atoms with Gasteiger partial charge in [0.25, 0.3) is 5.56 Å². The Balaban J connectivity index is 0.00000125. The molecule has 0 aliphatic carbocycles. The van der Waals surface area contributed by atoms with Crippen LogP contribution in [0.2, 0.25) is 0 Å². The number of hydrogen-bond donors (Lipinski definition) is 2. The fourth-order valence-electron chi connectivity index (χ4n) is 3.44. The van der Waals surface area contributed by atoms with Gasteiger partial charge in [-0.05, 0) is 30.5 Å². The molecule has 1 aliphatic heterocycles. The molecule has 2 N–H and O–H groups in total. The summed E-state index contributed by atoms with van der Waals surface area (Å²) in [5, 5.41) is 2.99. The van der Waals surface area contributed by atoms with Crippen LogP contribution in [0.1, 0.15) is 19.8 Å². The van der Waals surface area contributed by atoms with Gasteiger partial charge in [-0.3, -0.25) is 4.79 Å². The first-order valence-corrected chi connectivity index (χ1v) is 10.2. The standard InChI is InChI=1S/C21H19F3N5O.C2H5.Co/c22-21(23,24)16-7-10-29(11-8-16)20-25-9-6-18(28-20)27-17-12-15(13-26-19(17)30)14-4-2-1-3-5-14;1-2;/h2-6,9,12-13,16H,7-8,10-11H2,(H,26,30)(H,25,27,28);1H2,2H3;/q2*-1;+2. The Morgan fingerprint density at radius 3 is 2.45 bits per heavy atom. The number of benzene rings is 1. The van der Waals surface area contributed by atoms with E-state index >= 15 is 0 Å². The maximum Gasteiger partial charge on any atom is 2.00 e. The van der Waals surface area contributed by atoms with Crippen molar-refractivity contribution in [1.82, 2.24) is 15.0 Å². The van der Waals surface area contributed by atoms with Crippen molar-refractivity contribution in [1.29, 1.82) is 0 Å². The fraction of sp³-hybridized carbons (Fsp3) is 0.304. The van der Waals surface area contributed by atoms with Crippen LogP contribution in [0.15, 0.2) is 53.6 Å². The number of alkyl halides is 3. The van der Waals surface area contributed by atoms with E-state index in [1.54, 1.807) is 42.3 Å². The SMILES string of the molecule is O=c1[nH]cc(-c2cc[c-]cc2)cc1Nc1ccnc(N2CCC(C(F)(F)F)CC2)n1.[CH2-]C.[Co+2]. The van der Waals surface area contributed by atoms with Gasteiger partial charge in [-0.25, -0.2) is 4.98 Å². The van der Waals surface area contributed by atoms with Gasteiger partial charge in [0.15, 0.2) is 0 Å². The number of anilines is 3. The third-order valence-corrected chi connectivity index (χ3v) is 5.10. The molecule has 0 spiro atoms. The Morgan fingerprint density at radius 1 is 1.15 bits per heavy atom. The summed E-state index contributed by atoms with van der Waals surface area (Å²) in [6, 6.07) is 13.6. The summed E-state index contributed by atoms with van der Waals surface area (Å²) in [4.78, 5) is 25.2. The number of H-pyrrole nitrogens is 1. The quantitative estimate of drug-likeness (QED) is 0.492. The summed E-state index contributed by atoms with van der Waals surface area (Å²) in [5.41, 5.74) is 1.73. The average molecular weight is 502 g/mol. The molecule has 10 heteroatoms. The van der Waals surface area contributed by atoms with Gasteiger partial charge in [0.05, 0.1) is 5.92 Å². The maximum absolute atomic E-state index is 12.9. The molecular weight excluding hydrogens is 478 g/mol. The van der Waals surface area contributed by atoms with Crippen molar-refractivity contribution in [2.24, 2.45) is 5.92 Å². The van der Waals surface area contributed by atoms with E-state index in [4.69, 9.17) is 0 Å². The summed E-state index contributed by atoms with van der Waals surface area (Å²) in [6.45, 7) is 5.46. The second kappa shape index (κ2) is 11.8. The van der Waals surface area contributed by atoms with Gasteiger partial charge in [0.2, 0.25) is 5.95 Å². The van der Waals surface area contributed by atoms with Gasteiger partial charge >= 0.3 is 23.0 Å². The molecule has 6 nitrogen and oxygen atoms in total. The average Bonchev–Trinajstić information content (AvgIpc) is 2.82. The van der Waals surface area contributed by atoms with Crippen LogP contribution in [0.3, 0.4) is 0 Å². The van der Waals surface area contributed by atoms with Crippen LogP contribution in [0.4, 0.5) is 30.6 Å². The zero-order valence-electron chi connectivity index (χ0n) is 17.9. The molecule has 4 rings (SSSR count). The zero-order chi connectivity index (χ0) is 23.1. The van der Waals surface area contributed by atoms with Crippen molar-refractivity contribution in [2.75, 3.05) is 23.3 Å². The Hall–Kier alpha value is -2.85. The van der Waals surface area contributed by atoms with Crippen molar-refractivity contribution in [3.63, 3.8) is 0 Å². The van der Waals surface area contributed by atoms with Crippen molar-refractivity contribution < 1.29 is 30.0 Å². The van der Waals surface area contributed by atoms with Crippen LogP contribution < -0.4 is 15.8 Å². The van der Waals surface area contributed by atoms with E-state index in [0.29, 0.717) is 17.5 Å². The molecule has 1 aliphatic rings. The molecule has 0 unspecified atom stereocenters. The second-order valence-corrected chi connectivity index (χ2v) is 7.09. The number of aromatic amines is 1. The van der Waals surface area contributed by atoms with Gasteiger partial charge in [-0.15, -0.1) is 5.56 Å². The smallest absolute Gasteiger partial charge is 0.346 e. The Kier molecular flexibility index (Phi) is 9.48. The molecule has 3 aromatic rings. The minimum Gasteiger partial charge on any atom is -0.346 e. The summed E-state index contributed by atoms with van der Waals surface area (Å²) < 4.78 is 38.6. The fourth-order valence-corrected chi connectivity index (χ4v) is 3.44. The number of nitrogens with zero attached hydrogens (tertiary/aromatic N) is 3. The molecule has 1 saturated heterocycles. The van der Waals surface area contributed by atoms with E-state index in [9.17, 15) is 18.0 Å². The third kappa shape index (κ3) is 6.81. The normalized spacial score (nSPS) is 14.0. The van der Waals surface area contributed by atoms with Gasteiger partial charge in [0.1, 0.15) is 11.5 Å². The molecule has 3 heterocycles. The van der Waals surface area contributed by atoms with Crippen molar-refractivity contribution in [3.05, 3.63) is 72.1 Å². The molecule has 177 valence electrons. The number of piperidine rings is 1. The molecule has 0 amide bonds. The van der Waals surface area contributed by atoms with Crippen LogP contribution >= 0.6 is 0 Å².